The highest BCUT2D eigenvalue weighted by molar-refractivity contribution is 8.14. The summed E-state index contributed by atoms with van der Waals surface area (Å²) in [7, 11) is 0. The van der Waals surface area contributed by atoms with Crippen LogP contribution < -0.4 is 0 Å². The molecule has 0 unspecified atom stereocenters. The Labute approximate surface area is 83.3 Å². The fourth-order valence-electron chi connectivity index (χ4n) is 0.928. The number of carbonyl (C=O) groups is 1. The van der Waals surface area contributed by atoms with E-state index in [2.05, 4.69) is 0 Å². The highest BCUT2D eigenvalue weighted by atomic mass is 32.2. The van der Waals surface area contributed by atoms with Crippen molar-refractivity contribution < 1.29 is 18.0 Å². The first-order valence-corrected chi connectivity index (χ1v) is 4.61. The molecule has 0 aliphatic carbocycles. The molecule has 1 rings (SSSR count). The van der Waals surface area contributed by atoms with E-state index in [1.54, 1.807) is 30.3 Å². The van der Waals surface area contributed by atoms with Crippen molar-refractivity contribution in [1.82, 2.24) is 0 Å². The monoisotopic (exact) mass is 220 g/mol. The van der Waals surface area contributed by atoms with Crippen LogP contribution >= 0.6 is 11.8 Å². The number of hydrogen-bond acceptors (Lipinski definition) is 2. The van der Waals surface area contributed by atoms with Gasteiger partial charge in [0.05, 0.1) is 0 Å². The van der Waals surface area contributed by atoms with Gasteiger partial charge in [0.15, 0.2) is 0 Å². The fraction of sp³-hybridized carbons (Fsp3) is 0.222. The minimum Gasteiger partial charge on any atom is -0.287 e. The molecule has 76 valence electrons. The topological polar surface area (TPSA) is 17.1 Å². The summed E-state index contributed by atoms with van der Waals surface area (Å²) in [6.07, 6.45) is -0.189. The maximum absolute atomic E-state index is 11.8. The standard InChI is InChI=1S/C9H7F3OS/c10-9(11,12)14-8(13)6-7-4-2-1-3-5-7/h1-5H,6H2. The molecule has 14 heavy (non-hydrogen) atoms. The van der Waals surface area contributed by atoms with Crippen LogP contribution in [0.25, 0.3) is 0 Å². The quantitative estimate of drug-likeness (QED) is 0.762. The molecule has 0 fully saturated rings. The molecule has 0 N–H and O–H groups in total. The third-order valence-corrected chi connectivity index (χ3v) is 2.02. The molecule has 5 heteroatoms. The molecule has 0 spiro atoms. The molecule has 1 nitrogen and oxygen atoms in total. The van der Waals surface area contributed by atoms with Crippen molar-refractivity contribution in [3.8, 4) is 0 Å². The summed E-state index contributed by atoms with van der Waals surface area (Å²) in [5.41, 5.74) is -3.89. The number of halogens is 3. The normalized spacial score (nSPS) is 11.4. The Morgan fingerprint density at radius 1 is 1.21 bits per heavy atom. The number of thioether (sulfide) groups is 1. The average Bonchev–Trinajstić information content (AvgIpc) is 2.02. The molecule has 0 atom stereocenters. The molecule has 0 heterocycles. The molecule has 1 aromatic rings. The minimum absolute atomic E-state index is 0.189. The summed E-state index contributed by atoms with van der Waals surface area (Å²) in [6.45, 7) is 0. The Morgan fingerprint density at radius 3 is 2.29 bits per heavy atom. The molecule has 0 saturated heterocycles. The summed E-state index contributed by atoms with van der Waals surface area (Å²) in [5, 5.41) is -0.885. The van der Waals surface area contributed by atoms with Gasteiger partial charge in [0.1, 0.15) is 0 Å². The van der Waals surface area contributed by atoms with Crippen LogP contribution in [0, 0.1) is 0 Å². The van der Waals surface area contributed by atoms with Gasteiger partial charge in [-0.25, -0.2) is 0 Å². The van der Waals surface area contributed by atoms with Gasteiger partial charge in [-0.2, -0.15) is 13.2 Å². The third-order valence-electron chi connectivity index (χ3n) is 1.42. The Kier molecular flexibility index (Phi) is 3.57. The fourth-order valence-corrected chi connectivity index (χ4v) is 1.42. The van der Waals surface area contributed by atoms with E-state index in [9.17, 15) is 18.0 Å². The van der Waals surface area contributed by atoms with Crippen LogP contribution in [0.1, 0.15) is 5.56 Å². The zero-order chi connectivity index (χ0) is 10.6. The average molecular weight is 220 g/mol. The predicted octanol–water partition coefficient (Wildman–Crippen LogP) is 3.01. The first-order valence-electron chi connectivity index (χ1n) is 3.80. The lowest BCUT2D eigenvalue weighted by Gasteiger charge is -2.03. The van der Waals surface area contributed by atoms with Crippen LogP contribution in [0.4, 0.5) is 13.2 Å². The van der Waals surface area contributed by atoms with Gasteiger partial charge in [0, 0.05) is 18.2 Å². The first-order chi connectivity index (χ1) is 6.47. The molecule has 0 amide bonds. The van der Waals surface area contributed by atoms with Crippen molar-refractivity contribution in [3.05, 3.63) is 35.9 Å². The highest BCUT2D eigenvalue weighted by Crippen LogP contribution is 2.31. The van der Waals surface area contributed by atoms with Gasteiger partial charge in [-0.3, -0.25) is 4.79 Å². The van der Waals surface area contributed by atoms with E-state index in [0.29, 0.717) is 5.56 Å². The van der Waals surface area contributed by atoms with Crippen LogP contribution in [-0.2, 0) is 11.2 Å². The molecular formula is C9H7F3OS. The lowest BCUT2D eigenvalue weighted by molar-refractivity contribution is -0.111. The van der Waals surface area contributed by atoms with Crippen molar-refractivity contribution in [2.75, 3.05) is 0 Å². The second kappa shape index (κ2) is 4.50. The van der Waals surface area contributed by atoms with Crippen LogP contribution in [-0.4, -0.2) is 10.6 Å². The van der Waals surface area contributed by atoms with Gasteiger partial charge in [0.25, 0.3) is 0 Å². The molecule has 0 radical (unpaired) electrons. The molecule has 0 bridgehead atoms. The maximum Gasteiger partial charge on any atom is 0.449 e. The second-order valence-electron chi connectivity index (χ2n) is 2.58. The Bertz CT molecular complexity index is 308. The van der Waals surface area contributed by atoms with Crippen molar-refractivity contribution >= 4 is 16.9 Å². The van der Waals surface area contributed by atoms with Gasteiger partial charge < -0.3 is 0 Å². The SMILES string of the molecule is O=C(Cc1ccccc1)SC(F)(F)F. The third kappa shape index (κ3) is 4.32. The zero-order valence-electron chi connectivity index (χ0n) is 7.04. The van der Waals surface area contributed by atoms with Crippen LogP contribution in [0.5, 0.6) is 0 Å². The molecule has 0 aliphatic rings. The van der Waals surface area contributed by atoms with E-state index in [-0.39, 0.29) is 6.42 Å². The van der Waals surface area contributed by atoms with E-state index < -0.39 is 22.4 Å². The van der Waals surface area contributed by atoms with Gasteiger partial charge in [0.2, 0.25) is 5.12 Å². The van der Waals surface area contributed by atoms with Gasteiger partial charge >= 0.3 is 5.51 Å². The van der Waals surface area contributed by atoms with Crippen molar-refractivity contribution in [2.45, 2.75) is 11.9 Å². The molecule has 1 aromatic carbocycles. The highest BCUT2D eigenvalue weighted by Gasteiger charge is 2.32. The summed E-state index contributed by atoms with van der Waals surface area (Å²) < 4.78 is 35.3. The van der Waals surface area contributed by atoms with E-state index in [0.717, 1.165) is 0 Å². The van der Waals surface area contributed by atoms with Gasteiger partial charge in [-0.1, -0.05) is 30.3 Å². The lowest BCUT2D eigenvalue weighted by atomic mass is 10.2. The Balaban J connectivity index is 2.50. The van der Waals surface area contributed by atoms with Crippen molar-refractivity contribution in [1.29, 1.82) is 0 Å². The Morgan fingerprint density at radius 2 is 1.79 bits per heavy atom. The minimum atomic E-state index is -4.48. The second-order valence-corrected chi connectivity index (χ2v) is 3.70. The van der Waals surface area contributed by atoms with Gasteiger partial charge in [-0.05, 0) is 5.56 Å². The van der Waals surface area contributed by atoms with E-state index in [1.807, 2.05) is 0 Å². The maximum atomic E-state index is 11.8. The van der Waals surface area contributed by atoms with Crippen molar-refractivity contribution in [3.63, 3.8) is 0 Å². The zero-order valence-corrected chi connectivity index (χ0v) is 7.86. The summed E-state index contributed by atoms with van der Waals surface area (Å²) in [5.74, 6) is 0. The smallest absolute Gasteiger partial charge is 0.287 e. The van der Waals surface area contributed by atoms with E-state index >= 15 is 0 Å². The molecule has 0 aromatic heterocycles. The van der Waals surface area contributed by atoms with Crippen LogP contribution in [0.15, 0.2) is 30.3 Å². The number of hydrogen-bond donors (Lipinski definition) is 0. The van der Waals surface area contributed by atoms with E-state index in [4.69, 9.17) is 0 Å². The van der Waals surface area contributed by atoms with Crippen molar-refractivity contribution in [2.24, 2.45) is 0 Å². The van der Waals surface area contributed by atoms with Crippen LogP contribution in [0.3, 0.4) is 0 Å². The number of rotatable bonds is 2. The number of alkyl halides is 3. The first kappa shape index (κ1) is 11.1. The lowest BCUT2D eigenvalue weighted by Crippen LogP contribution is -2.08. The predicted molar refractivity (Wildman–Crippen MR) is 48.8 cm³/mol. The summed E-state index contributed by atoms with van der Waals surface area (Å²) in [6, 6.07) is 8.34. The molecular weight excluding hydrogens is 213 g/mol. The molecule has 0 saturated carbocycles. The number of benzene rings is 1. The largest absolute Gasteiger partial charge is 0.449 e. The summed E-state index contributed by atoms with van der Waals surface area (Å²) in [4.78, 5) is 10.9. The van der Waals surface area contributed by atoms with Crippen LogP contribution in [0.2, 0.25) is 0 Å². The van der Waals surface area contributed by atoms with E-state index in [1.165, 1.54) is 0 Å². The Hall–Kier alpha value is -0.970. The van der Waals surface area contributed by atoms with Gasteiger partial charge in [-0.15, -0.1) is 0 Å². The summed E-state index contributed by atoms with van der Waals surface area (Å²) >= 11 is -0.587. The molecule has 0 aliphatic heterocycles. The number of carbonyl (C=O) groups excluding carboxylic acids is 1.